The van der Waals surface area contributed by atoms with Gasteiger partial charge in [-0.3, -0.25) is 4.79 Å². The molecule has 0 amide bonds. The number of aldehydes is 1. The molecule has 0 unspecified atom stereocenters. The molecule has 0 radical (unpaired) electrons. The van der Waals surface area contributed by atoms with Crippen molar-refractivity contribution >= 4 is 12.0 Å². The highest BCUT2D eigenvalue weighted by molar-refractivity contribution is 5.75. The van der Waals surface area contributed by atoms with Gasteiger partial charge in [0.25, 0.3) is 0 Å². The number of hydrogen-bond acceptors (Lipinski definition) is 3. The Hall–Kier alpha value is -1.42. The molecule has 0 aliphatic carbocycles. The molecule has 1 aromatic rings. The lowest BCUT2D eigenvalue weighted by atomic mass is 9.94. The summed E-state index contributed by atoms with van der Waals surface area (Å²) in [6.07, 6.45) is 1.50. The summed E-state index contributed by atoms with van der Waals surface area (Å²) in [5.74, 6) is 0. The molecular weight excluding hydrogens is 221 g/mol. The van der Waals surface area contributed by atoms with E-state index in [-0.39, 0.29) is 0 Å². The third-order valence-electron chi connectivity index (χ3n) is 3.34. The first kappa shape index (κ1) is 12.0. The quantitative estimate of drug-likeness (QED) is 0.815. The number of aliphatic hydroxyl groups excluding tert-OH is 1. The summed E-state index contributed by atoms with van der Waals surface area (Å²) in [4.78, 5) is 12.6. The molecule has 92 valence electrons. The van der Waals surface area contributed by atoms with Crippen LogP contribution in [0.4, 0.5) is 10.1 Å². The second-order valence-corrected chi connectivity index (χ2v) is 4.51. The van der Waals surface area contributed by atoms with Crippen LogP contribution in [0, 0.1) is 0 Å². The first-order valence-electron chi connectivity index (χ1n) is 5.77. The van der Waals surface area contributed by atoms with Crippen molar-refractivity contribution < 1.29 is 14.3 Å². The average molecular weight is 237 g/mol. The van der Waals surface area contributed by atoms with Crippen molar-refractivity contribution in [3.63, 3.8) is 0 Å². The number of alkyl halides is 1. The second-order valence-electron chi connectivity index (χ2n) is 4.51. The standard InChI is InChI=1S/C13H16FNO2/c14-13(10-17)5-7-15(8-6-13)12-3-1-11(9-16)2-4-12/h1-4,9,17H,5-8,10H2. The number of anilines is 1. The maximum absolute atomic E-state index is 13.8. The Labute approximate surface area is 99.9 Å². The van der Waals surface area contributed by atoms with Gasteiger partial charge in [0.15, 0.2) is 0 Å². The largest absolute Gasteiger partial charge is 0.393 e. The molecular formula is C13H16FNO2. The smallest absolute Gasteiger partial charge is 0.150 e. The summed E-state index contributed by atoms with van der Waals surface area (Å²) in [6, 6.07) is 7.25. The van der Waals surface area contributed by atoms with Gasteiger partial charge in [0.05, 0.1) is 6.61 Å². The predicted molar refractivity (Wildman–Crippen MR) is 64.2 cm³/mol. The lowest BCUT2D eigenvalue weighted by Gasteiger charge is -2.36. The zero-order valence-corrected chi connectivity index (χ0v) is 9.60. The van der Waals surface area contributed by atoms with Crippen molar-refractivity contribution in [3.05, 3.63) is 29.8 Å². The van der Waals surface area contributed by atoms with Crippen molar-refractivity contribution in [2.24, 2.45) is 0 Å². The Balaban J connectivity index is 2.02. The van der Waals surface area contributed by atoms with Crippen LogP contribution in [0.3, 0.4) is 0 Å². The zero-order valence-electron chi connectivity index (χ0n) is 9.60. The van der Waals surface area contributed by atoms with Crippen LogP contribution in [0.1, 0.15) is 23.2 Å². The molecule has 17 heavy (non-hydrogen) atoms. The third-order valence-corrected chi connectivity index (χ3v) is 3.34. The summed E-state index contributed by atoms with van der Waals surface area (Å²) >= 11 is 0. The van der Waals surface area contributed by atoms with E-state index in [4.69, 9.17) is 5.11 Å². The Morgan fingerprint density at radius 1 is 1.29 bits per heavy atom. The highest BCUT2D eigenvalue weighted by atomic mass is 19.1. The molecule has 3 nitrogen and oxygen atoms in total. The average Bonchev–Trinajstić information content (AvgIpc) is 2.40. The van der Waals surface area contributed by atoms with Gasteiger partial charge in [-0.05, 0) is 24.3 Å². The van der Waals surface area contributed by atoms with Crippen molar-refractivity contribution in [2.75, 3.05) is 24.6 Å². The minimum atomic E-state index is -1.42. The number of aliphatic hydroxyl groups is 1. The fourth-order valence-electron chi connectivity index (χ4n) is 2.09. The van der Waals surface area contributed by atoms with E-state index < -0.39 is 12.3 Å². The van der Waals surface area contributed by atoms with Crippen molar-refractivity contribution in [1.82, 2.24) is 0 Å². The number of benzene rings is 1. The number of carbonyl (C=O) groups excluding carboxylic acids is 1. The van der Waals surface area contributed by atoms with Crippen molar-refractivity contribution in [3.8, 4) is 0 Å². The van der Waals surface area contributed by atoms with Crippen LogP contribution in [0.15, 0.2) is 24.3 Å². The van der Waals surface area contributed by atoms with Gasteiger partial charge in [-0.1, -0.05) is 0 Å². The highest BCUT2D eigenvalue weighted by Gasteiger charge is 2.33. The molecule has 2 rings (SSSR count). The molecule has 1 N–H and O–H groups in total. The van der Waals surface area contributed by atoms with E-state index in [0.717, 1.165) is 12.0 Å². The molecule has 1 fully saturated rings. The van der Waals surface area contributed by atoms with Crippen LogP contribution in [0.5, 0.6) is 0 Å². The summed E-state index contributed by atoms with van der Waals surface area (Å²) in [6.45, 7) is 0.792. The molecule has 0 saturated carbocycles. The minimum Gasteiger partial charge on any atom is -0.393 e. The van der Waals surface area contributed by atoms with Crippen molar-refractivity contribution in [1.29, 1.82) is 0 Å². The number of rotatable bonds is 3. The monoisotopic (exact) mass is 237 g/mol. The zero-order chi connectivity index (χ0) is 12.3. The first-order chi connectivity index (χ1) is 8.17. The number of piperidine rings is 1. The Morgan fingerprint density at radius 3 is 2.35 bits per heavy atom. The van der Waals surface area contributed by atoms with E-state index in [1.54, 1.807) is 12.1 Å². The Morgan fingerprint density at radius 2 is 1.88 bits per heavy atom. The van der Waals surface area contributed by atoms with Gasteiger partial charge < -0.3 is 10.0 Å². The second kappa shape index (κ2) is 4.84. The van der Waals surface area contributed by atoms with E-state index in [2.05, 4.69) is 4.90 Å². The van der Waals surface area contributed by atoms with Crippen LogP contribution in [-0.4, -0.2) is 36.8 Å². The Bertz CT molecular complexity index is 383. The van der Waals surface area contributed by atoms with Crippen LogP contribution in [-0.2, 0) is 0 Å². The molecule has 4 heteroatoms. The molecule has 0 spiro atoms. The molecule has 1 aliphatic heterocycles. The van der Waals surface area contributed by atoms with Gasteiger partial charge >= 0.3 is 0 Å². The number of nitrogens with zero attached hydrogens (tertiary/aromatic N) is 1. The topological polar surface area (TPSA) is 40.5 Å². The van der Waals surface area contributed by atoms with E-state index >= 15 is 0 Å². The van der Waals surface area contributed by atoms with E-state index in [9.17, 15) is 9.18 Å². The van der Waals surface area contributed by atoms with Crippen LogP contribution in [0.25, 0.3) is 0 Å². The van der Waals surface area contributed by atoms with Crippen LogP contribution < -0.4 is 4.90 Å². The van der Waals surface area contributed by atoms with Gasteiger partial charge in [-0.25, -0.2) is 4.39 Å². The Kier molecular flexibility index (Phi) is 3.43. The molecule has 0 aromatic heterocycles. The van der Waals surface area contributed by atoms with Crippen LogP contribution >= 0.6 is 0 Å². The molecule has 1 aromatic carbocycles. The lowest BCUT2D eigenvalue weighted by Crippen LogP contribution is -2.43. The molecule has 1 saturated heterocycles. The maximum Gasteiger partial charge on any atom is 0.150 e. The molecule has 0 bridgehead atoms. The number of hydrogen-bond donors (Lipinski definition) is 1. The molecule has 1 heterocycles. The maximum atomic E-state index is 13.8. The van der Waals surface area contributed by atoms with Gasteiger partial charge in [-0.15, -0.1) is 0 Å². The lowest BCUT2D eigenvalue weighted by molar-refractivity contribution is 0.0481. The number of halogens is 1. The van der Waals surface area contributed by atoms with Crippen LogP contribution in [0.2, 0.25) is 0 Å². The number of carbonyl (C=O) groups is 1. The van der Waals surface area contributed by atoms with E-state index in [1.807, 2.05) is 12.1 Å². The third kappa shape index (κ3) is 2.64. The summed E-state index contributed by atoms with van der Waals surface area (Å²) in [7, 11) is 0. The summed E-state index contributed by atoms with van der Waals surface area (Å²) < 4.78 is 13.8. The van der Waals surface area contributed by atoms with E-state index in [1.165, 1.54) is 0 Å². The fraction of sp³-hybridized carbons (Fsp3) is 0.462. The van der Waals surface area contributed by atoms with Gasteiger partial charge in [-0.2, -0.15) is 0 Å². The predicted octanol–water partition coefficient (Wildman–Crippen LogP) is 1.80. The first-order valence-corrected chi connectivity index (χ1v) is 5.77. The highest BCUT2D eigenvalue weighted by Crippen LogP contribution is 2.28. The summed E-state index contributed by atoms with van der Waals surface area (Å²) in [5, 5.41) is 8.94. The SMILES string of the molecule is O=Cc1ccc(N2CCC(F)(CO)CC2)cc1. The van der Waals surface area contributed by atoms with Crippen molar-refractivity contribution in [2.45, 2.75) is 18.5 Å². The fourth-order valence-corrected chi connectivity index (χ4v) is 2.09. The molecule has 1 aliphatic rings. The molecule has 0 atom stereocenters. The minimum absolute atomic E-state index is 0.346. The van der Waals surface area contributed by atoms with Gasteiger partial charge in [0.2, 0.25) is 0 Å². The van der Waals surface area contributed by atoms with Gasteiger partial charge in [0.1, 0.15) is 12.0 Å². The normalized spacial score (nSPS) is 19.1. The van der Waals surface area contributed by atoms with E-state index in [0.29, 0.717) is 31.5 Å². The summed E-state index contributed by atoms with van der Waals surface area (Å²) in [5.41, 5.74) is 0.218. The van der Waals surface area contributed by atoms with Gasteiger partial charge in [0, 0.05) is 37.2 Å².